The topological polar surface area (TPSA) is 0 Å². The maximum atomic E-state index is 1.60. The Balaban J connectivity index is 1.76. The summed E-state index contributed by atoms with van der Waals surface area (Å²) >= 11 is 0. The molecule has 3 rings (SSSR count). The van der Waals surface area contributed by atoms with Gasteiger partial charge in [-0.15, -0.1) is 0 Å². The summed E-state index contributed by atoms with van der Waals surface area (Å²) in [5.74, 6) is 3.40. The lowest BCUT2D eigenvalue weighted by molar-refractivity contribution is 0.195. The Morgan fingerprint density at radius 1 is 0.667 bits per heavy atom. The van der Waals surface area contributed by atoms with E-state index in [2.05, 4.69) is 0 Å². The van der Waals surface area contributed by atoms with E-state index in [4.69, 9.17) is 0 Å². The standard InChI is InChI=1S/C14H25B/c1-2-4-12-8-13-5-7-15(6-3-1)11-14(9-12)10-13/h12-14H,1-11H2. The zero-order valence-corrected chi connectivity index (χ0v) is 10.1. The molecule has 15 heavy (non-hydrogen) atoms. The highest BCUT2D eigenvalue weighted by atomic mass is 14.3. The first-order chi connectivity index (χ1) is 7.40. The van der Waals surface area contributed by atoms with Crippen molar-refractivity contribution >= 4 is 6.71 Å². The third-order valence-electron chi connectivity index (χ3n) is 5.37. The molecule has 2 aliphatic heterocycles. The maximum absolute atomic E-state index is 1.60. The molecule has 2 heterocycles. The predicted molar refractivity (Wildman–Crippen MR) is 67.6 cm³/mol. The molecule has 0 spiro atoms. The summed E-state index contributed by atoms with van der Waals surface area (Å²) in [5, 5.41) is 0. The van der Waals surface area contributed by atoms with Crippen molar-refractivity contribution in [1.82, 2.24) is 0 Å². The van der Waals surface area contributed by atoms with Crippen molar-refractivity contribution in [3.05, 3.63) is 0 Å². The lowest BCUT2D eigenvalue weighted by Gasteiger charge is -2.34. The average Bonchev–Trinajstić information content (AvgIpc) is 2.38. The second kappa shape index (κ2) is 4.51. The molecular weight excluding hydrogens is 179 g/mol. The zero-order chi connectivity index (χ0) is 10.1. The van der Waals surface area contributed by atoms with Crippen molar-refractivity contribution in [3.63, 3.8) is 0 Å². The van der Waals surface area contributed by atoms with Crippen LogP contribution in [-0.4, -0.2) is 6.71 Å². The highest BCUT2D eigenvalue weighted by molar-refractivity contribution is 6.58. The van der Waals surface area contributed by atoms with Gasteiger partial charge < -0.3 is 0 Å². The molecule has 2 saturated heterocycles. The van der Waals surface area contributed by atoms with E-state index in [1.54, 1.807) is 51.1 Å². The summed E-state index contributed by atoms with van der Waals surface area (Å²) in [6, 6.07) is 0. The van der Waals surface area contributed by atoms with Crippen LogP contribution in [0.15, 0.2) is 0 Å². The van der Waals surface area contributed by atoms with Gasteiger partial charge in [-0.05, 0) is 37.0 Å². The Hall–Kier alpha value is 0.0649. The lowest BCUT2D eigenvalue weighted by atomic mass is 9.40. The fraction of sp³-hybridized carbons (Fsp3) is 1.00. The third kappa shape index (κ3) is 2.42. The van der Waals surface area contributed by atoms with Crippen molar-refractivity contribution < 1.29 is 0 Å². The SMILES string of the molecule is C1CCB2CCC3CC(CC1)CC(C2)C3. The van der Waals surface area contributed by atoms with Gasteiger partial charge in [0.15, 0.2) is 0 Å². The Morgan fingerprint density at radius 2 is 1.47 bits per heavy atom. The molecule has 84 valence electrons. The van der Waals surface area contributed by atoms with E-state index in [1.807, 2.05) is 0 Å². The first-order valence-corrected chi connectivity index (χ1v) is 7.40. The summed E-state index contributed by atoms with van der Waals surface area (Å²) in [4.78, 5) is 0. The van der Waals surface area contributed by atoms with Crippen LogP contribution in [0.4, 0.5) is 0 Å². The highest BCUT2D eigenvalue weighted by Crippen LogP contribution is 2.44. The Kier molecular flexibility index (Phi) is 3.08. The van der Waals surface area contributed by atoms with Gasteiger partial charge >= 0.3 is 0 Å². The number of rotatable bonds is 0. The van der Waals surface area contributed by atoms with E-state index < -0.39 is 0 Å². The van der Waals surface area contributed by atoms with Gasteiger partial charge in [-0.25, -0.2) is 0 Å². The van der Waals surface area contributed by atoms with Crippen LogP contribution in [-0.2, 0) is 0 Å². The van der Waals surface area contributed by atoms with E-state index in [1.165, 1.54) is 19.3 Å². The molecule has 3 atom stereocenters. The van der Waals surface area contributed by atoms with Crippen molar-refractivity contribution in [2.45, 2.75) is 70.3 Å². The molecule has 3 aliphatic rings. The van der Waals surface area contributed by atoms with Gasteiger partial charge in [0.1, 0.15) is 6.71 Å². The van der Waals surface area contributed by atoms with Crippen LogP contribution in [0.3, 0.4) is 0 Å². The molecule has 0 aromatic rings. The zero-order valence-electron chi connectivity index (χ0n) is 10.1. The first kappa shape index (κ1) is 10.2. The molecule has 0 amide bonds. The van der Waals surface area contributed by atoms with Crippen LogP contribution < -0.4 is 0 Å². The fourth-order valence-electron chi connectivity index (χ4n) is 4.73. The number of fused-ring (bicyclic) bond motifs is 3. The van der Waals surface area contributed by atoms with Gasteiger partial charge in [0.25, 0.3) is 0 Å². The Labute approximate surface area is 95.3 Å². The van der Waals surface area contributed by atoms with Gasteiger partial charge in [0, 0.05) is 0 Å². The van der Waals surface area contributed by atoms with Gasteiger partial charge in [-0.3, -0.25) is 0 Å². The summed E-state index contributed by atoms with van der Waals surface area (Å²) < 4.78 is 0. The van der Waals surface area contributed by atoms with Crippen LogP contribution in [0.25, 0.3) is 0 Å². The molecule has 3 fully saturated rings. The number of hydrogen-bond acceptors (Lipinski definition) is 0. The minimum absolute atomic E-state index is 1.12. The van der Waals surface area contributed by atoms with E-state index in [0.29, 0.717) is 0 Å². The van der Waals surface area contributed by atoms with E-state index >= 15 is 0 Å². The van der Waals surface area contributed by atoms with Crippen molar-refractivity contribution in [3.8, 4) is 0 Å². The molecular formula is C14H25B. The monoisotopic (exact) mass is 204 g/mol. The predicted octanol–water partition coefficient (Wildman–Crippen LogP) is 4.49. The molecule has 3 unspecified atom stereocenters. The Bertz CT molecular complexity index is 209. The second-order valence-corrected chi connectivity index (χ2v) is 6.62. The molecule has 1 heteroatoms. The summed E-state index contributed by atoms with van der Waals surface area (Å²) in [6.07, 6.45) is 17.3. The lowest BCUT2D eigenvalue weighted by Crippen LogP contribution is -2.23. The minimum Gasteiger partial charge on any atom is -0.0741 e. The highest BCUT2D eigenvalue weighted by Gasteiger charge is 2.34. The molecule has 1 aliphatic carbocycles. The van der Waals surface area contributed by atoms with Crippen LogP contribution in [0.1, 0.15) is 51.4 Å². The average molecular weight is 204 g/mol. The van der Waals surface area contributed by atoms with Gasteiger partial charge in [0.2, 0.25) is 0 Å². The second-order valence-electron chi connectivity index (χ2n) is 6.62. The molecule has 0 aromatic heterocycles. The van der Waals surface area contributed by atoms with Crippen LogP contribution in [0, 0.1) is 17.8 Å². The third-order valence-corrected chi connectivity index (χ3v) is 5.37. The minimum atomic E-state index is 1.12. The smallest absolute Gasteiger partial charge is 0.0741 e. The van der Waals surface area contributed by atoms with E-state index in [0.717, 1.165) is 24.5 Å². The maximum Gasteiger partial charge on any atom is 0.140 e. The van der Waals surface area contributed by atoms with Crippen LogP contribution >= 0.6 is 0 Å². The van der Waals surface area contributed by atoms with Crippen molar-refractivity contribution in [2.75, 3.05) is 0 Å². The van der Waals surface area contributed by atoms with Crippen LogP contribution in [0.2, 0.25) is 19.0 Å². The van der Waals surface area contributed by atoms with Crippen molar-refractivity contribution in [1.29, 1.82) is 0 Å². The van der Waals surface area contributed by atoms with E-state index in [-0.39, 0.29) is 0 Å². The molecule has 4 bridgehead atoms. The normalized spacial score (nSPS) is 41.6. The Morgan fingerprint density at radius 3 is 2.40 bits per heavy atom. The summed E-state index contributed by atoms with van der Waals surface area (Å²) in [7, 11) is 0. The molecule has 0 nitrogen and oxygen atoms in total. The van der Waals surface area contributed by atoms with Gasteiger partial charge in [-0.1, -0.05) is 51.1 Å². The fourth-order valence-corrected chi connectivity index (χ4v) is 4.73. The van der Waals surface area contributed by atoms with Gasteiger partial charge in [-0.2, -0.15) is 0 Å². The summed E-state index contributed by atoms with van der Waals surface area (Å²) in [5.41, 5.74) is 0. The first-order valence-electron chi connectivity index (χ1n) is 7.40. The van der Waals surface area contributed by atoms with Crippen LogP contribution in [0.5, 0.6) is 0 Å². The molecule has 0 radical (unpaired) electrons. The van der Waals surface area contributed by atoms with Gasteiger partial charge in [0.05, 0.1) is 0 Å². The quantitative estimate of drug-likeness (QED) is 0.510. The van der Waals surface area contributed by atoms with E-state index in [9.17, 15) is 0 Å². The molecule has 0 aromatic carbocycles. The largest absolute Gasteiger partial charge is 0.140 e. The molecule has 0 N–H and O–H groups in total. The number of hydrogen-bond donors (Lipinski definition) is 0. The molecule has 1 saturated carbocycles. The van der Waals surface area contributed by atoms with Crippen molar-refractivity contribution in [2.24, 2.45) is 17.8 Å². The summed E-state index contributed by atoms with van der Waals surface area (Å²) in [6.45, 7) is 1.12.